The predicted molar refractivity (Wildman–Crippen MR) is 85.9 cm³/mol. The van der Waals surface area contributed by atoms with Gasteiger partial charge in [0.25, 0.3) is 5.91 Å². The Morgan fingerprint density at radius 2 is 2.07 bits per heavy atom. The summed E-state index contributed by atoms with van der Waals surface area (Å²) < 4.78 is 37.8. The second kappa shape index (κ2) is 6.80. The van der Waals surface area contributed by atoms with Crippen molar-refractivity contribution in [2.24, 2.45) is 11.1 Å². The molecule has 1 aromatic rings. The van der Waals surface area contributed by atoms with Crippen LogP contribution >= 0.6 is 11.6 Å². The second-order valence-electron chi connectivity index (χ2n) is 5.84. The van der Waals surface area contributed by atoms with E-state index in [9.17, 15) is 27.6 Å². The molecule has 3 heterocycles. The largest absolute Gasteiger partial charge is 0.417 e. The van der Waals surface area contributed by atoms with Crippen LogP contribution in [0.4, 0.5) is 19.0 Å². The van der Waals surface area contributed by atoms with Crippen molar-refractivity contribution in [2.75, 3.05) is 18.4 Å². The lowest BCUT2D eigenvalue weighted by Gasteiger charge is -2.16. The summed E-state index contributed by atoms with van der Waals surface area (Å²) in [7, 11) is 0. The quantitative estimate of drug-likeness (QED) is 0.746. The number of nitrogens with one attached hydrogen (secondary N) is 1. The van der Waals surface area contributed by atoms with Gasteiger partial charge in [0, 0.05) is 26.2 Å². The van der Waals surface area contributed by atoms with Crippen molar-refractivity contribution >= 4 is 40.7 Å². The summed E-state index contributed by atoms with van der Waals surface area (Å²) >= 11 is 5.77. The molecule has 8 nitrogen and oxygen atoms in total. The summed E-state index contributed by atoms with van der Waals surface area (Å²) in [6.45, 7) is 1.09. The number of rotatable bonds is 5. The van der Waals surface area contributed by atoms with E-state index in [1.54, 1.807) is 0 Å². The topological polar surface area (TPSA) is 101 Å². The first-order valence-corrected chi connectivity index (χ1v) is 8.05. The molecule has 0 aromatic carbocycles. The van der Waals surface area contributed by atoms with E-state index in [1.165, 1.54) is 6.92 Å². The molecule has 1 N–H and O–H groups in total. The molecule has 0 radical (unpaired) electrons. The van der Waals surface area contributed by atoms with Crippen LogP contribution in [0.1, 0.15) is 12.5 Å². The summed E-state index contributed by atoms with van der Waals surface area (Å²) in [5, 5.41) is 5.90. The monoisotopic (exact) mass is 404 g/mol. The first-order valence-electron chi connectivity index (χ1n) is 7.67. The third-order valence-corrected chi connectivity index (χ3v) is 4.35. The summed E-state index contributed by atoms with van der Waals surface area (Å²) in [5.74, 6) is -2.82. The Morgan fingerprint density at radius 1 is 1.37 bits per heavy atom. The number of hydrogen-bond donors (Lipinski definition) is 1. The molecular formula is C15H12ClF3N4O4. The van der Waals surface area contributed by atoms with E-state index in [2.05, 4.69) is 15.5 Å². The Balaban J connectivity index is 1.63. The summed E-state index contributed by atoms with van der Waals surface area (Å²) in [4.78, 5) is 45.5. The van der Waals surface area contributed by atoms with E-state index < -0.39 is 41.4 Å². The molecule has 2 aliphatic rings. The number of Topliss-reactive ketones (excluding diaryl/α,β-unsaturated/α-hetero) is 1. The number of hydrogen-bond acceptors (Lipinski definition) is 7. The zero-order valence-corrected chi connectivity index (χ0v) is 14.5. The van der Waals surface area contributed by atoms with Crippen LogP contribution in [0.2, 0.25) is 5.02 Å². The van der Waals surface area contributed by atoms with Crippen LogP contribution in [0.15, 0.2) is 17.4 Å². The molecule has 12 heteroatoms. The molecule has 0 saturated carbocycles. The second-order valence-corrected chi connectivity index (χ2v) is 6.25. The Bertz CT molecular complexity index is 858. The molecule has 3 rings (SSSR count). The number of alkyl halides is 3. The van der Waals surface area contributed by atoms with Gasteiger partial charge in [-0.05, 0) is 6.07 Å². The summed E-state index contributed by atoms with van der Waals surface area (Å²) in [6.07, 6.45) is -5.12. The normalized spacial score (nSPS) is 21.8. The van der Waals surface area contributed by atoms with Crippen LogP contribution < -0.4 is 5.32 Å². The van der Waals surface area contributed by atoms with Crippen molar-refractivity contribution in [2.45, 2.75) is 19.2 Å². The molecule has 2 aliphatic heterocycles. The maximum Gasteiger partial charge on any atom is 0.417 e. The summed E-state index contributed by atoms with van der Waals surface area (Å²) in [5.41, 5.74) is -1.11. The first-order chi connectivity index (χ1) is 12.6. The number of anilines is 1. The smallest absolute Gasteiger partial charge is 0.381 e. The number of carbonyl (C=O) groups excluding carboxylic acids is 3. The number of ketones is 1. The summed E-state index contributed by atoms with van der Waals surface area (Å²) in [6, 6.07) is 0.719. The highest BCUT2D eigenvalue weighted by Crippen LogP contribution is 2.33. The van der Waals surface area contributed by atoms with Crippen LogP contribution in [0, 0.1) is 5.92 Å². The number of fused-ring (bicyclic) bond motifs is 1. The number of pyridine rings is 1. The number of carbonyl (C=O) groups is 3. The molecule has 2 amide bonds. The average Bonchev–Trinajstić information content (AvgIpc) is 3.11. The van der Waals surface area contributed by atoms with Gasteiger partial charge in [-0.25, -0.2) is 4.98 Å². The standard InChI is InChI=1S/C15H12ClF3N4O4/c1-6(24)10-9-11(27-22-10)14(26)23(13(9)25)3-2-20-12-8(16)4-7(5-21-12)15(17,18)19/h4-5,9,11H,2-3H2,1H3,(H,20,21)/t9-,11-/m1/s1. The van der Waals surface area contributed by atoms with E-state index in [4.69, 9.17) is 16.4 Å². The number of aromatic nitrogens is 1. The van der Waals surface area contributed by atoms with Gasteiger partial charge < -0.3 is 10.2 Å². The molecule has 27 heavy (non-hydrogen) atoms. The van der Waals surface area contributed by atoms with Gasteiger partial charge in [0.1, 0.15) is 17.4 Å². The van der Waals surface area contributed by atoms with Gasteiger partial charge in [-0.15, -0.1) is 0 Å². The van der Waals surface area contributed by atoms with Gasteiger partial charge in [-0.2, -0.15) is 13.2 Å². The highest BCUT2D eigenvalue weighted by Gasteiger charge is 2.56. The maximum absolute atomic E-state index is 12.6. The lowest BCUT2D eigenvalue weighted by atomic mass is 9.97. The van der Waals surface area contributed by atoms with E-state index in [-0.39, 0.29) is 29.6 Å². The van der Waals surface area contributed by atoms with Crippen molar-refractivity contribution in [3.05, 3.63) is 22.8 Å². The molecule has 144 valence electrons. The van der Waals surface area contributed by atoms with Gasteiger partial charge in [0.05, 0.1) is 10.6 Å². The Kier molecular flexibility index (Phi) is 4.81. The zero-order valence-electron chi connectivity index (χ0n) is 13.7. The third kappa shape index (κ3) is 3.46. The number of halogens is 4. The molecule has 0 bridgehead atoms. The zero-order chi connectivity index (χ0) is 19.9. The van der Waals surface area contributed by atoms with E-state index in [0.717, 1.165) is 11.0 Å². The van der Waals surface area contributed by atoms with Gasteiger partial charge in [0.15, 0.2) is 5.78 Å². The maximum atomic E-state index is 12.6. The van der Waals surface area contributed by atoms with Crippen LogP contribution in [0.25, 0.3) is 0 Å². The minimum absolute atomic E-state index is 0.0123. The predicted octanol–water partition coefficient (Wildman–Crippen LogP) is 1.49. The first kappa shape index (κ1) is 19.1. The molecule has 1 fully saturated rings. The fourth-order valence-electron chi connectivity index (χ4n) is 2.75. The van der Waals surface area contributed by atoms with Crippen LogP contribution in [0.5, 0.6) is 0 Å². The molecule has 0 spiro atoms. The van der Waals surface area contributed by atoms with E-state index in [0.29, 0.717) is 6.20 Å². The Labute approximate surface area is 155 Å². The number of oxime groups is 1. The number of amides is 2. The van der Waals surface area contributed by atoms with Gasteiger partial charge in [-0.1, -0.05) is 16.8 Å². The van der Waals surface area contributed by atoms with Crippen molar-refractivity contribution in [3.8, 4) is 0 Å². The number of nitrogens with zero attached hydrogens (tertiary/aromatic N) is 3. The van der Waals surface area contributed by atoms with Crippen LogP contribution in [-0.2, 0) is 25.4 Å². The fraction of sp³-hybridized carbons (Fsp3) is 0.400. The van der Waals surface area contributed by atoms with Crippen molar-refractivity contribution in [1.82, 2.24) is 9.88 Å². The third-order valence-electron chi connectivity index (χ3n) is 4.06. The lowest BCUT2D eigenvalue weighted by molar-refractivity contribution is -0.142. The average molecular weight is 405 g/mol. The molecular weight excluding hydrogens is 393 g/mol. The molecule has 1 aromatic heterocycles. The van der Waals surface area contributed by atoms with Crippen LogP contribution in [0.3, 0.4) is 0 Å². The molecule has 2 atom stereocenters. The minimum atomic E-state index is -4.57. The lowest BCUT2D eigenvalue weighted by Crippen LogP contribution is -2.37. The van der Waals surface area contributed by atoms with E-state index in [1.807, 2.05) is 0 Å². The SMILES string of the molecule is CC(=O)C1=NO[C@H]2C(=O)N(CCNc3ncc(C(F)(F)F)cc3Cl)C(=O)[C@H]12. The molecule has 0 aliphatic carbocycles. The highest BCUT2D eigenvalue weighted by atomic mass is 35.5. The van der Waals surface area contributed by atoms with Crippen LogP contribution in [-0.4, -0.2) is 52.4 Å². The minimum Gasteiger partial charge on any atom is -0.381 e. The van der Waals surface area contributed by atoms with Crippen molar-refractivity contribution < 1.29 is 32.4 Å². The Hall–Kier alpha value is -2.69. The Morgan fingerprint density at radius 3 is 2.67 bits per heavy atom. The molecule has 0 unspecified atom stereocenters. The van der Waals surface area contributed by atoms with E-state index >= 15 is 0 Å². The van der Waals surface area contributed by atoms with Crippen molar-refractivity contribution in [3.63, 3.8) is 0 Å². The number of imide groups is 1. The van der Waals surface area contributed by atoms with Crippen molar-refractivity contribution in [1.29, 1.82) is 0 Å². The van der Waals surface area contributed by atoms with Gasteiger partial charge >= 0.3 is 6.18 Å². The highest BCUT2D eigenvalue weighted by molar-refractivity contribution is 6.45. The fourth-order valence-corrected chi connectivity index (χ4v) is 2.98. The van der Waals surface area contributed by atoms with Gasteiger partial charge in [-0.3, -0.25) is 19.3 Å². The molecule has 1 saturated heterocycles. The van der Waals surface area contributed by atoms with Gasteiger partial charge in [0.2, 0.25) is 12.0 Å². The number of likely N-dealkylation sites (tertiary alicyclic amines) is 1.